The van der Waals surface area contributed by atoms with Gasteiger partial charge in [0.25, 0.3) is 0 Å². The fourth-order valence-corrected chi connectivity index (χ4v) is 4.26. The van der Waals surface area contributed by atoms with Crippen molar-refractivity contribution in [3.63, 3.8) is 0 Å². The molecule has 2 fully saturated rings. The summed E-state index contributed by atoms with van der Waals surface area (Å²) in [4.78, 5) is 0. The molecule has 1 unspecified atom stereocenters. The van der Waals surface area contributed by atoms with Crippen LogP contribution in [0.4, 0.5) is 0 Å². The SMILES string of the molecule is CC1(C)CCC2(C1)CC2(Br)Br. The molecular weight excluding hydrogens is 268 g/mol. The lowest BCUT2D eigenvalue weighted by Gasteiger charge is -2.17. The largest absolute Gasteiger partial charge is 0.0868 e. The van der Waals surface area contributed by atoms with Crippen molar-refractivity contribution in [1.82, 2.24) is 0 Å². The fourth-order valence-electron chi connectivity index (χ4n) is 2.51. The molecule has 2 rings (SSSR count). The van der Waals surface area contributed by atoms with E-state index in [0.29, 0.717) is 14.1 Å². The van der Waals surface area contributed by atoms with Crippen LogP contribution in [-0.4, -0.2) is 3.23 Å². The molecule has 2 aliphatic carbocycles. The topological polar surface area (TPSA) is 0 Å². The molecule has 0 aromatic rings. The first-order chi connectivity index (χ1) is 4.87. The first kappa shape index (κ1) is 8.55. The maximum atomic E-state index is 3.74. The van der Waals surface area contributed by atoms with E-state index >= 15 is 0 Å². The van der Waals surface area contributed by atoms with Crippen LogP contribution in [0.2, 0.25) is 0 Å². The Morgan fingerprint density at radius 1 is 1.00 bits per heavy atom. The number of hydrogen-bond acceptors (Lipinski definition) is 0. The molecule has 2 heteroatoms. The minimum atomic E-state index is 0.306. The van der Waals surface area contributed by atoms with Crippen molar-refractivity contribution >= 4 is 31.9 Å². The monoisotopic (exact) mass is 280 g/mol. The number of hydrogen-bond donors (Lipinski definition) is 0. The molecule has 0 bridgehead atoms. The van der Waals surface area contributed by atoms with Gasteiger partial charge in [-0.05, 0) is 36.5 Å². The fraction of sp³-hybridized carbons (Fsp3) is 1.00. The van der Waals surface area contributed by atoms with Crippen LogP contribution < -0.4 is 0 Å². The van der Waals surface area contributed by atoms with E-state index in [-0.39, 0.29) is 0 Å². The summed E-state index contributed by atoms with van der Waals surface area (Å²) < 4.78 is 0.306. The first-order valence-electron chi connectivity index (χ1n) is 4.25. The van der Waals surface area contributed by atoms with E-state index in [4.69, 9.17) is 0 Å². The van der Waals surface area contributed by atoms with Crippen LogP contribution in [0.1, 0.15) is 39.5 Å². The standard InChI is InChI=1S/C9H14Br2/c1-7(2)3-4-8(5-7)6-9(8,10)11/h3-6H2,1-2H3. The Kier molecular flexibility index (Phi) is 1.60. The van der Waals surface area contributed by atoms with Gasteiger partial charge in [-0.1, -0.05) is 45.7 Å². The Morgan fingerprint density at radius 3 is 1.73 bits per heavy atom. The lowest BCUT2D eigenvalue weighted by atomic mass is 9.90. The third-order valence-corrected chi connectivity index (χ3v) is 5.55. The van der Waals surface area contributed by atoms with Gasteiger partial charge in [-0.25, -0.2) is 0 Å². The number of halogens is 2. The van der Waals surface area contributed by atoms with E-state index in [9.17, 15) is 0 Å². The summed E-state index contributed by atoms with van der Waals surface area (Å²) >= 11 is 7.48. The van der Waals surface area contributed by atoms with Crippen LogP contribution >= 0.6 is 31.9 Å². The van der Waals surface area contributed by atoms with Crippen molar-refractivity contribution in [2.75, 3.05) is 0 Å². The molecule has 0 amide bonds. The highest BCUT2D eigenvalue weighted by atomic mass is 79.9. The number of rotatable bonds is 0. The van der Waals surface area contributed by atoms with Gasteiger partial charge in [0, 0.05) is 0 Å². The van der Waals surface area contributed by atoms with Crippen LogP contribution in [0.15, 0.2) is 0 Å². The minimum absolute atomic E-state index is 0.306. The van der Waals surface area contributed by atoms with Gasteiger partial charge in [-0.2, -0.15) is 0 Å². The van der Waals surface area contributed by atoms with Crippen molar-refractivity contribution in [1.29, 1.82) is 0 Å². The summed E-state index contributed by atoms with van der Waals surface area (Å²) in [6, 6.07) is 0. The molecule has 0 aromatic heterocycles. The van der Waals surface area contributed by atoms with Crippen LogP contribution in [0.5, 0.6) is 0 Å². The first-order valence-corrected chi connectivity index (χ1v) is 5.84. The normalized spacial score (nSPS) is 44.7. The smallest absolute Gasteiger partial charge is 0.0721 e. The van der Waals surface area contributed by atoms with Gasteiger partial charge in [0.2, 0.25) is 0 Å². The predicted molar refractivity (Wildman–Crippen MR) is 55.3 cm³/mol. The van der Waals surface area contributed by atoms with E-state index in [0.717, 1.165) is 0 Å². The highest BCUT2D eigenvalue weighted by Gasteiger charge is 2.67. The summed E-state index contributed by atoms with van der Waals surface area (Å²) in [7, 11) is 0. The molecule has 0 heterocycles. The maximum Gasteiger partial charge on any atom is 0.0868 e. The van der Waals surface area contributed by atoms with Crippen molar-refractivity contribution in [3.05, 3.63) is 0 Å². The van der Waals surface area contributed by atoms with E-state index < -0.39 is 0 Å². The van der Waals surface area contributed by atoms with E-state index in [1.165, 1.54) is 25.7 Å². The van der Waals surface area contributed by atoms with E-state index in [2.05, 4.69) is 45.7 Å². The summed E-state index contributed by atoms with van der Waals surface area (Å²) in [5, 5.41) is 0. The Balaban J connectivity index is 2.13. The minimum Gasteiger partial charge on any atom is -0.0721 e. The molecule has 1 atom stereocenters. The molecule has 64 valence electrons. The molecule has 1 spiro atoms. The Hall–Kier alpha value is 0.960. The zero-order chi connectivity index (χ0) is 8.33. The molecule has 0 nitrogen and oxygen atoms in total. The quantitative estimate of drug-likeness (QED) is 0.587. The molecule has 0 aliphatic heterocycles. The molecule has 0 saturated heterocycles. The Labute approximate surface area is 85.4 Å². The Morgan fingerprint density at radius 2 is 1.55 bits per heavy atom. The van der Waals surface area contributed by atoms with Gasteiger partial charge in [0.15, 0.2) is 0 Å². The molecule has 0 radical (unpaired) electrons. The van der Waals surface area contributed by atoms with Gasteiger partial charge < -0.3 is 0 Å². The zero-order valence-electron chi connectivity index (χ0n) is 7.08. The average Bonchev–Trinajstić information content (AvgIpc) is 2.09. The lowest BCUT2D eigenvalue weighted by Crippen LogP contribution is -2.08. The molecule has 0 N–H and O–H groups in total. The van der Waals surface area contributed by atoms with Crippen LogP contribution in [0, 0.1) is 10.8 Å². The summed E-state index contributed by atoms with van der Waals surface area (Å²) in [6.45, 7) is 4.77. The second kappa shape index (κ2) is 2.06. The molecule has 11 heavy (non-hydrogen) atoms. The van der Waals surface area contributed by atoms with Crippen molar-refractivity contribution in [2.24, 2.45) is 10.8 Å². The summed E-state index contributed by atoms with van der Waals surface area (Å²) in [5.74, 6) is 0. The highest BCUT2D eigenvalue weighted by Crippen LogP contribution is 2.75. The summed E-state index contributed by atoms with van der Waals surface area (Å²) in [5.41, 5.74) is 1.19. The van der Waals surface area contributed by atoms with Crippen molar-refractivity contribution < 1.29 is 0 Å². The van der Waals surface area contributed by atoms with E-state index in [1.54, 1.807) is 0 Å². The van der Waals surface area contributed by atoms with Crippen LogP contribution in [0.3, 0.4) is 0 Å². The zero-order valence-corrected chi connectivity index (χ0v) is 10.3. The molecule has 0 aromatic carbocycles. The summed E-state index contributed by atoms with van der Waals surface area (Å²) in [6.07, 6.45) is 5.50. The average molecular weight is 282 g/mol. The third kappa shape index (κ3) is 1.21. The van der Waals surface area contributed by atoms with Gasteiger partial charge in [-0.15, -0.1) is 0 Å². The highest BCUT2D eigenvalue weighted by molar-refractivity contribution is 9.25. The second-order valence-electron chi connectivity index (χ2n) is 5.00. The van der Waals surface area contributed by atoms with Crippen molar-refractivity contribution in [3.8, 4) is 0 Å². The number of alkyl halides is 2. The lowest BCUT2D eigenvalue weighted by molar-refractivity contribution is 0.354. The van der Waals surface area contributed by atoms with Crippen LogP contribution in [0.25, 0.3) is 0 Å². The molecule has 2 saturated carbocycles. The second-order valence-corrected chi connectivity index (χ2v) is 8.77. The molecular formula is C9H14Br2. The van der Waals surface area contributed by atoms with Crippen molar-refractivity contribution in [2.45, 2.75) is 42.8 Å². The van der Waals surface area contributed by atoms with Gasteiger partial charge in [0.1, 0.15) is 0 Å². The van der Waals surface area contributed by atoms with Crippen LogP contribution in [-0.2, 0) is 0 Å². The third-order valence-electron chi connectivity index (χ3n) is 3.31. The predicted octanol–water partition coefficient (Wildman–Crippen LogP) is 4.07. The van der Waals surface area contributed by atoms with Gasteiger partial charge in [-0.3, -0.25) is 0 Å². The van der Waals surface area contributed by atoms with Gasteiger partial charge in [0.05, 0.1) is 3.23 Å². The Bertz CT molecular complexity index is 190. The van der Waals surface area contributed by atoms with E-state index in [1.807, 2.05) is 0 Å². The maximum absolute atomic E-state index is 3.74. The molecule has 2 aliphatic rings. The van der Waals surface area contributed by atoms with Gasteiger partial charge >= 0.3 is 0 Å².